The minimum absolute atomic E-state index is 0. The second-order valence-corrected chi connectivity index (χ2v) is 9.88. The highest BCUT2D eigenvalue weighted by Crippen LogP contribution is 2.46. The molecular formula is C27H32N8O2S. The fraction of sp³-hybridized carbons (Fsp3) is 0.444. The maximum Gasteiger partial charge on any atom is 0.243 e. The summed E-state index contributed by atoms with van der Waals surface area (Å²) in [6.45, 7) is 5.82. The number of ether oxygens (including phenoxy) is 1. The van der Waals surface area contributed by atoms with E-state index in [2.05, 4.69) is 55.8 Å². The topological polar surface area (TPSA) is 119 Å². The fourth-order valence-corrected chi connectivity index (χ4v) is 5.02. The zero-order valence-corrected chi connectivity index (χ0v) is 22.2. The number of pyridine rings is 1. The molecule has 1 aromatic carbocycles. The number of morpholine rings is 1. The number of benzene rings is 1. The van der Waals surface area contributed by atoms with E-state index in [-0.39, 0.29) is 25.5 Å². The summed E-state index contributed by atoms with van der Waals surface area (Å²) < 4.78 is 5.81. The van der Waals surface area contributed by atoms with Crippen LogP contribution in [-0.4, -0.2) is 84.3 Å². The first-order valence-electron chi connectivity index (χ1n) is 12.9. The van der Waals surface area contributed by atoms with Crippen LogP contribution in [0.25, 0.3) is 22.3 Å². The summed E-state index contributed by atoms with van der Waals surface area (Å²) in [5, 5.41) is 16.1. The van der Waals surface area contributed by atoms with E-state index in [1.165, 1.54) is 0 Å². The van der Waals surface area contributed by atoms with E-state index in [1.807, 2.05) is 11.0 Å². The largest absolute Gasteiger partial charge is 0.374 e. The number of piperazine rings is 1. The minimum atomic E-state index is -0.741. The highest BCUT2D eigenvalue weighted by atomic mass is 32.1. The van der Waals surface area contributed by atoms with Gasteiger partial charge in [-0.05, 0) is 31.0 Å². The van der Waals surface area contributed by atoms with Crippen molar-refractivity contribution < 1.29 is 9.53 Å². The van der Waals surface area contributed by atoms with Crippen LogP contribution in [0.1, 0.15) is 12.8 Å². The third-order valence-corrected chi connectivity index (χ3v) is 7.43. The SMILES string of the molecule is N#CC1(C(=O)N2CCN(c3ccc(-c4cc5nccnc5c(NCC5CNCCO5)n4)cc3)CC2)CC1.S. The van der Waals surface area contributed by atoms with Crippen LogP contribution < -0.4 is 15.5 Å². The quantitative estimate of drug-likeness (QED) is 0.492. The Hall–Kier alpha value is -3.46. The summed E-state index contributed by atoms with van der Waals surface area (Å²) in [7, 11) is 0. The lowest BCUT2D eigenvalue weighted by Crippen LogP contribution is -2.50. The molecule has 1 atom stereocenters. The standard InChI is InChI=1S/C27H30N8O2.H2S/c28-18-27(5-6-27)26(36)35-12-10-34(11-13-35)20-3-1-19(2-4-20)22-15-23-24(31-8-7-30-23)25(33-22)32-17-21-16-29-9-14-37-21;/h1-4,7-8,15,21,29H,5-6,9-14,16-17H2,(H,32,33);1H2. The maximum atomic E-state index is 12.7. The predicted molar refractivity (Wildman–Crippen MR) is 150 cm³/mol. The molecule has 1 saturated carbocycles. The molecule has 2 saturated heterocycles. The van der Waals surface area contributed by atoms with Gasteiger partial charge in [-0.2, -0.15) is 18.8 Å². The fourth-order valence-electron chi connectivity index (χ4n) is 5.02. The monoisotopic (exact) mass is 532 g/mol. The Labute approximate surface area is 228 Å². The van der Waals surface area contributed by atoms with Crippen LogP contribution in [0.2, 0.25) is 0 Å². The van der Waals surface area contributed by atoms with Gasteiger partial charge in [0.1, 0.15) is 10.9 Å². The van der Waals surface area contributed by atoms with Gasteiger partial charge >= 0.3 is 0 Å². The second-order valence-electron chi connectivity index (χ2n) is 9.88. The van der Waals surface area contributed by atoms with Crippen molar-refractivity contribution in [1.82, 2.24) is 25.2 Å². The number of amides is 1. The number of fused-ring (bicyclic) bond motifs is 1. The van der Waals surface area contributed by atoms with Crippen LogP contribution in [0.4, 0.5) is 11.5 Å². The smallest absolute Gasteiger partial charge is 0.243 e. The Kier molecular flexibility index (Phi) is 7.65. The van der Waals surface area contributed by atoms with Crippen molar-refractivity contribution in [3.8, 4) is 17.3 Å². The van der Waals surface area contributed by atoms with Crippen LogP contribution in [0.3, 0.4) is 0 Å². The summed E-state index contributed by atoms with van der Waals surface area (Å²) in [4.78, 5) is 30.7. The highest BCUT2D eigenvalue weighted by Gasteiger charge is 2.52. The van der Waals surface area contributed by atoms with Gasteiger partial charge in [0.25, 0.3) is 0 Å². The number of nitrogens with one attached hydrogen (secondary N) is 2. The molecule has 3 aromatic rings. The van der Waals surface area contributed by atoms with Gasteiger partial charge in [0.05, 0.1) is 30.0 Å². The normalized spacial score (nSPS) is 20.3. The van der Waals surface area contributed by atoms with Gasteiger partial charge in [0.2, 0.25) is 5.91 Å². The number of carbonyl (C=O) groups is 1. The Morgan fingerprint density at radius 1 is 1.16 bits per heavy atom. The van der Waals surface area contributed by atoms with Crippen LogP contribution in [-0.2, 0) is 9.53 Å². The number of hydrogen-bond donors (Lipinski definition) is 2. The third-order valence-electron chi connectivity index (χ3n) is 7.43. The number of anilines is 2. The molecule has 1 aliphatic carbocycles. The van der Waals surface area contributed by atoms with Crippen molar-refractivity contribution in [3.63, 3.8) is 0 Å². The molecule has 2 aliphatic heterocycles. The molecule has 3 fully saturated rings. The molecule has 0 radical (unpaired) electrons. The molecule has 1 amide bonds. The highest BCUT2D eigenvalue weighted by molar-refractivity contribution is 7.59. The molecule has 6 rings (SSSR count). The first-order chi connectivity index (χ1) is 18.1. The molecule has 198 valence electrons. The molecule has 4 heterocycles. The van der Waals surface area contributed by atoms with E-state index in [1.54, 1.807) is 12.4 Å². The molecule has 0 spiro atoms. The van der Waals surface area contributed by atoms with Gasteiger partial charge in [-0.1, -0.05) is 12.1 Å². The summed E-state index contributed by atoms with van der Waals surface area (Å²) in [6.07, 6.45) is 4.85. The molecule has 0 bridgehead atoms. The summed E-state index contributed by atoms with van der Waals surface area (Å²) >= 11 is 0. The molecule has 3 aliphatic rings. The number of hydrogen-bond acceptors (Lipinski definition) is 9. The van der Waals surface area contributed by atoms with Gasteiger partial charge in [-0.15, -0.1) is 0 Å². The summed E-state index contributed by atoms with van der Waals surface area (Å²) in [5.74, 6) is 0.705. The molecule has 1 unspecified atom stereocenters. The average Bonchev–Trinajstić information content (AvgIpc) is 3.78. The van der Waals surface area contributed by atoms with Crippen molar-refractivity contribution in [2.45, 2.75) is 18.9 Å². The Morgan fingerprint density at radius 2 is 1.92 bits per heavy atom. The van der Waals surface area contributed by atoms with Crippen LogP contribution in [0.15, 0.2) is 42.7 Å². The van der Waals surface area contributed by atoms with Crippen LogP contribution in [0.5, 0.6) is 0 Å². The summed E-state index contributed by atoms with van der Waals surface area (Å²) in [6, 6.07) is 12.5. The number of nitriles is 1. The molecular weight excluding hydrogens is 500 g/mol. The maximum absolute atomic E-state index is 12.7. The van der Waals surface area contributed by atoms with Gasteiger partial charge in [0.15, 0.2) is 5.82 Å². The van der Waals surface area contributed by atoms with E-state index < -0.39 is 5.41 Å². The molecule has 11 heteroatoms. The van der Waals surface area contributed by atoms with Crippen LogP contribution in [0, 0.1) is 16.7 Å². The predicted octanol–water partition coefficient (Wildman–Crippen LogP) is 2.16. The molecule has 38 heavy (non-hydrogen) atoms. The zero-order chi connectivity index (χ0) is 25.2. The van der Waals surface area contributed by atoms with Crippen LogP contribution >= 0.6 is 13.5 Å². The zero-order valence-electron chi connectivity index (χ0n) is 21.2. The molecule has 2 N–H and O–H groups in total. The third kappa shape index (κ3) is 5.25. The van der Waals surface area contributed by atoms with Crippen molar-refractivity contribution in [2.24, 2.45) is 5.41 Å². The minimum Gasteiger partial charge on any atom is -0.374 e. The summed E-state index contributed by atoms with van der Waals surface area (Å²) in [5.41, 5.74) is 3.71. The first kappa shape index (κ1) is 26.2. The van der Waals surface area contributed by atoms with Gasteiger partial charge in [-0.3, -0.25) is 9.78 Å². The van der Waals surface area contributed by atoms with E-state index >= 15 is 0 Å². The van der Waals surface area contributed by atoms with Crippen molar-refractivity contribution in [2.75, 3.05) is 62.6 Å². The molecule has 2 aromatic heterocycles. The van der Waals surface area contributed by atoms with Gasteiger partial charge in [0, 0.05) is 69.5 Å². The van der Waals surface area contributed by atoms with E-state index in [0.29, 0.717) is 44.9 Å². The number of aromatic nitrogens is 3. The lowest BCUT2D eigenvalue weighted by Gasteiger charge is -2.37. The Bertz CT molecular complexity index is 1330. The van der Waals surface area contributed by atoms with E-state index in [0.717, 1.165) is 54.2 Å². The lowest BCUT2D eigenvalue weighted by atomic mass is 10.1. The first-order valence-corrected chi connectivity index (χ1v) is 12.9. The number of carbonyl (C=O) groups excluding carboxylic acids is 1. The number of rotatable bonds is 6. The van der Waals surface area contributed by atoms with E-state index in [4.69, 9.17) is 9.72 Å². The van der Waals surface area contributed by atoms with Crippen molar-refractivity contribution in [3.05, 3.63) is 42.7 Å². The lowest BCUT2D eigenvalue weighted by molar-refractivity contribution is -0.135. The molecule has 10 nitrogen and oxygen atoms in total. The van der Waals surface area contributed by atoms with Gasteiger partial charge < -0.3 is 25.2 Å². The second kappa shape index (κ2) is 11.1. The van der Waals surface area contributed by atoms with E-state index in [9.17, 15) is 10.1 Å². The average molecular weight is 533 g/mol. The number of nitrogens with zero attached hydrogens (tertiary/aromatic N) is 6. The van der Waals surface area contributed by atoms with Gasteiger partial charge in [-0.25, -0.2) is 9.97 Å². The van der Waals surface area contributed by atoms with Crippen molar-refractivity contribution >= 4 is 41.9 Å². The Balaban J connectivity index is 0.00000294. The van der Waals surface area contributed by atoms with Crippen molar-refractivity contribution in [1.29, 1.82) is 5.26 Å². The Morgan fingerprint density at radius 3 is 2.61 bits per heavy atom.